The summed E-state index contributed by atoms with van der Waals surface area (Å²) in [5, 5.41) is 27.2. The van der Waals surface area contributed by atoms with Gasteiger partial charge in [-0.05, 0) is 37.7 Å². The molecule has 13 heteroatoms. The normalized spacial score (nSPS) is 14.9. The molecule has 0 aromatic heterocycles. The number of aliphatic imine (C=N–C) groups is 1. The van der Waals surface area contributed by atoms with Gasteiger partial charge in [0.25, 0.3) is 0 Å². The topological polar surface area (TPSA) is 235 Å². The molecule has 1 aromatic carbocycles. The number of nitrogens with zero attached hydrogens (tertiary/aromatic N) is 1. The molecular weight excluding hydrogens is 494 g/mol. The Kier molecular flexibility index (Phi) is 13.8. The number of amides is 3. The van der Waals surface area contributed by atoms with E-state index < -0.39 is 54.0 Å². The fraction of sp³-hybridized carbons (Fsp3) is 0.560. The standard InChI is InChI=1S/C25H41N7O6/c1-14(2)12-17(26)21(34)30-18(10-7-11-29-25(27)28)22(35)32-20(15(3)33)23(36)31-19(24(37)38)13-16-8-5-4-6-9-16/h4-6,8-9,14-15,17-20,33H,7,10-13,26H2,1-3H3,(H,30,34)(H,31,36)(H,32,35)(H,37,38)(H4,27,28,29). The second-order valence-corrected chi connectivity index (χ2v) is 9.56. The van der Waals surface area contributed by atoms with Crippen molar-refractivity contribution in [1.29, 1.82) is 0 Å². The maximum atomic E-state index is 13.1. The van der Waals surface area contributed by atoms with Gasteiger partial charge < -0.3 is 43.4 Å². The van der Waals surface area contributed by atoms with Crippen LogP contribution in [0.1, 0.15) is 45.6 Å². The quantitative estimate of drug-likeness (QED) is 0.0703. The first-order chi connectivity index (χ1) is 17.8. The van der Waals surface area contributed by atoms with Crippen molar-refractivity contribution >= 4 is 29.7 Å². The lowest BCUT2D eigenvalue weighted by atomic mass is 10.0. The van der Waals surface area contributed by atoms with Crippen LogP contribution in [-0.2, 0) is 25.6 Å². The first-order valence-electron chi connectivity index (χ1n) is 12.5. The fourth-order valence-electron chi connectivity index (χ4n) is 3.64. The number of hydrogen-bond donors (Lipinski definition) is 8. The maximum absolute atomic E-state index is 13.1. The van der Waals surface area contributed by atoms with E-state index in [1.807, 2.05) is 13.8 Å². The third kappa shape index (κ3) is 12.0. The van der Waals surface area contributed by atoms with E-state index in [9.17, 15) is 29.4 Å². The van der Waals surface area contributed by atoms with Crippen molar-refractivity contribution in [2.24, 2.45) is 28.1 Å². The molecule has 1 aromatic rings. The first kappa shape index (κ1) is 32.3. The molecule has 0 bridgehead atoms. The summed E-state index contributed by atoms with van der Waals surface area (Å²) in [6, 6.07) is 3.95. The largest absolute Gasteiger partial charge is 0.480 e. The van der Waals surface area contributed by atoms with Gasteiger partial charge in [-0.3, -0.25) is 19.4 Å². The van der Waals surface area contributed by atoms with Crippen LogP contribution in [0.25, 0.3) is 0 Å². The fourth-order valence-corrected chi connectivity index (χ4v) is 3.64. The third-order valence-electron chi connectivity index (χ3n) is 5.60. The van der Waals surface area contributed by atoms with Crippen LogP contribution in [0.5, 0.6) is 0 Å². The molecule has 5 unspecified atom stereocenters. The highest BCUT2D eigenvalue weighted by atomic mass is 16.4. The molecule has 0 aliphatic heterocycles. The minimum Gasteiger partial charge on any atom is -0.480 e. The van der Waals surface area contributed by atoms with E-state index in [2.05, 4.69) is 20.9 Å². The van der Waals surface area contributed by atoms with Crippen molar-refractivity contribution in [3.8, 4) is 0 Å². The van der Waals surface area contributed by atoms with Crippen molar-refractivity contribution < 1.29 is 29.4 Å². The lowest BCUT2D eigenvalue weighted by Crippen LogP contribution is -2.60. The number of nitrogens with one attached hydrogen (secondary N) is 3. The second kappa shape index (κ2) is 16.2. The summed E-state index contributed by atoms with van der Waals surface area (Å²) in [6.07, 6.45) is -0.543. The summed E-state index contributed by atoms with van der Waals surface area (Å²) in [7, 11) is 0. The minimum atomic E-state index is -1.48. The highest BCUT2D eigenvalue weighted by Gasteiger charge is 2.32. The number of rotatable bonds is 16. The number of nitrogens with two attached hydrogens (primary N) is 3. The van der Waals surface area contributed by atoms with Crippen LogP contribution >= 0.6 is 0 Å². The molecule has 13 nitrogen and oxygen atoms in total. The highest BCUT2D eigenvalue weighted by molar-refractivity contribution is 5.94. The Bertz CT molecular complexity index is 951. The van der Waals surface area contributed by atoms with Gasteiger partial charge in [-0.1, -0.05) is 44.2 Å². The lowest BCUT2D eigenvalue weighted by Gasteiger charge is -2.26. The molecule has 0 saturated carbocycles. The van der Waals surface area contributed by atoms with Crippen LogP contribution in [0.4, 0.5) is 0 Å². The van der Waals surface area contributed by atoms with Gasteiger partial charge in [0.2, 0.25) is 17.7 Å². The molecule has 11 N–H and O–H groups in total. The van der Waals surface area contributed by atoms with E-state index in [1.165, 1.54) is 6.92 Å². The third-order valence-corrected chi connectivity index (χ3v) is 5.60. The van der Waals surface area contributed by atoms with E-state index in [0.717, 1.165) is 0 Å². The van der Waals surface area contributed by atoms with Gasteiger partial charge in [-0.25, -0.2) is 4.79 Å². The van der Waals surface area contributed by atoms with E-state index in [0.29, 0.717) is 18.4 Å². The summed E-state index contributed by atoms with van der Waals surface area (Å²) in [6.45, 7) is 5.28. The van der Waals surface area contributed by atoms with Gasteiger partial charge in [0.05, 0.1) is 12.1 Å². The Balaban J connectivity index is 2.99. The van der Waals surface area contributed by atoms with Gasteiger partial charge in [-0.15, -0.1) is 0 Å². The van der Waals surface area contributed by atoms with Crippen LogP contribution in [0, 0.1) is 5.92 Å². The van der Waals surface area contributed by atoms with E-state index in [1.54, 1.807) is 30.3 Å². The zero-order chi connectivity index (χ0) is 28.8. The first-order valence-corrected chi connectivity index (χ1v) is 12.5. The molecule has 3 amide bonds. The molecule has 5 atom stereocenters. The van der Waals surface area contributed by atoms with Crippen molar-refractivity contribution in [2.45, 2.75) is 76.7 Å². The number of aliphatic hydroxyl groups is 1. The molecule has 0 saturated heterocycles. The number of carboxylic acids is 1. The van der Waals surface area contributed by atoms with E-state index in [4.69, 9.17) is 17.2 Å². The zero-order valence-corrected chi connectivity index (χ0v) is 22.1. The molecule has 0 heterocycles. The van der Waals surface area contributed by atoms with Crippen LogP contribution < -0.4 is 33.2 Å². The molecule has 1 rings (SSSR count). The maximum Gasteiger partial charge on any atom is 0.326 e. The van der Waals surface area contributed by atoms with Gasteiger partial charge in [0.1, 0.15) is 18.1 Å². The predicted octanol–water partition coefficient (Wildman–Crippen LogP) is -1.42. The summed E-state index contributed by atoms with van der Waals surface area (Å²) in [5.41, 5.74) is 17.3. The molecule has 0 spiro atoms. The molecule has 0 fully saturated rings. The number of aliphatic carboxylic acids is 1. The smallest absolute Gasteiger partial charge is 0.326 e. The summed E-state index contributed by atoms with van der Waals surface area (Å²) >= 11 is 0. The number of carbonyl (C=O) groups excluding carboxylic acids is 3. The van der Waals surface area contributed by atoms with Crippen molar-refractivity contribution in [1.82, 2.24) is 16.0 Å². The molecular formula is C25H41N7O6. The Morgan fingerprint density at radius 3 is 2.05 bits per heavy atom. The van der Waals surface area contributed by atoms with E-state index >= 15 is 0 Å². The lowest BCUT2D eigenvalue weighted by molar-refractivity contribution is -0.143. The molecule has 0 aliphatic carbocycles. The number of benzene rings is 1. The average Bonchev–Trinajstić information content (AvgIpc) is 2.83. The number of aliphatic hydroxyl groups excluding tert-OH is 1. The monoisotopic (exact) mass is 535 g/mol. The Morgan fingerprint density at radius 1 is 0.921 bits per heavy atom. The Morgan fingerprint density at radius 2 is 1.53 bits per heavy atom. The summed E-state index contributed by atoms with van der Waals surface area (Å²) in [4.78, 5) is 54.3. The molecule has 0 radical (unpaired) electrons. The number of carbonyl (C=O) groups is 4. The van der Waals surface area contributed by atoms with Crippen LogP contribution in [-0.4, -0.2) is 76.7 Å². The molecule has 212 valence electrons. The van der Waals surface area contributed by atoms with Gasteiger partial charge in [0.15, 0.2) is 5.96 Å². The number of hydrogen-bond acceptors (Lipinski definition) is 7. The van der Waals surface area contributed by atoms with E-state index in [-0.39, 0.29) is 31.3 Å². The van der Waals surface area contributed by atoms with Crippen molar-refractivity contribution in [3.05, 3.63) is 35.9 Å². The SMILES string of the molecule is CC(C)CC(N)C(=O)NC(CCCN=C(N)N)C(=O)NC(C(=O)NC(Cc1ccccc1)C(=O)O)C(C)O. The van der Waals surface area contributed by atoms with Crippen LogP contribution in [0.3, 0.4) is 0 Å². The summed E-state index contributed by atoms with van der Waals surface area (Å²) in [5.74, 6) is -3.45. The van der Waals surface area contributed by atoms with Crippen molar-refractivity contribution in [3.63, 3.8) is 0 Å². The summed E-state index contributed by atoms with van der Waals surface area (Å²) < 4.78 is 0. The van der Waals surface area contributed by atoms with Crippen molar-refractivity contribution in [2.75, 3.05) is 6.54 Å². The van der Waals surface area contributed by atoms with Crippen LogP contribution in [0.15, 0.2) is 35.3 Å². The zero-order valence-electron chi connectivity index (χ0n) is 22.1. The van der Waals surface area contributed by atoms with Gasteiger partial charge in [-0.2, -0.15) is 0 Å². The molecule has 38 heavy (non-hydrogen) atoms. The number of guanidine groups is 1. The minimum absolute atomic E-state index is 0.000394. The number of carboxylic acid groups (broad SMARTS) is 1. The predicted molar refractivity (Wildman–Crippen MR) is 143 cm³/mol. The Labute approximate surface area is 222 Å². The highest BCUT2D eigenvalue weighted by Crippen LogP contribution is 2.07. The molecule has 0 aliphatic rings. The van der Waals surface area contributed by atoms with Gasteiger partial charge in [0, 0.05) is 13.0 Å². The average molecular weight is 536 g/mol. The second-order valence-electron chi connectivity index (χ2n) is 9.56. The van der Waals surface area contributed by atoms with Gasteiger partial charge >= 0.3 is 5.97 Å². The van der Waals surface area contributed by atoms with Crippen LogP contribution in [0.2, 0.25) is 0 Å². The Hall–Kier alpha value is -3.71.